The fourth-order valence-electron chi connectivity index (χ4n) is 2.70. The number of hydrogen-bond acceptors (Lipinski definition) is 7. The van der Waals surface area contributed by atoms with E-state index in [-0.39, 0.29) is 0 Å². The van der Waals surface area contributed by atoms with Crippen molar-refractivity contribution in [3.05, 3.63) is 18.7 Å². The molecular formula is C13H20N8. The first-order chi connectivity index (χ1) is 10.2. The van der Waals surface area contributed by atoms with E-state index in [4.69, 9.17) is 5.84 Å². The Bertz CT molecular complexity index is 588. The van der Waals surface area contributed by atoms with E-state index >= 15 is 0 Å². The minimum Gasteiger partial charge on any atom is -0.353 e. The molecule has 0 atom stereocenters. The van der Waals surface area contributed by atoms with E-state index in [9.17, 15) is 0 Å². The third-order valence-electron chi connectivity index (χ3n) is 3.97. The smallest absolute Gasteiger partial charge is 0.243 e. The summed E-state index contributed by atoms with van der Waals surface area (Å²) in [5.41, 5.74) is 2.79. The number of nitrogens with zero attached hydrogens (tertiary/aromatic N) is 5. The van der Waals surface area contributed by atoms with Gasteiger partial charge in [-0.3, -0.25) is 9.99 Å². The molecule has 1 fully saturated rings. The van der Waals surface area contributed by atoms with Crippen molar-refractivity contribution in [3.63, 3.8) is 0 Å². The normalized spacial score (nSPS) is 16.9. The number of nitrogens with two attached hydrogens (primary N) is 1. The Morgan fingerprint density at radius 1 is 1.24 bits per heavy atom. The molecule has 0 aliphatic heterocycles. The molecule has 3 rings (SSSR count). The SMILES string of the molecule is CC1(CNc2nc(NN)nc(-n3ccnc3)n2)CCCC1. The first-order valence-corrected chi connectivity index (χ1v) is 7.13. The van der Waals surface area contributed by atoms with Crippen LogP contribution >= 0.6 is 0 Å². The standard InChI is InChI=1S/C13H20N8/c1-13(4-2-3-5-13)8-16-10-17-11(20-14)19-12(18-10)21-7-6-15-9-21/h6-7,9H,2-5,8,14H2,1H3,(H2,16,17,18,19,20). The zero-order valence-corrected chi connectivity index (χ0v) is 12.1. The molecule has 2 heterocycles. The molecule has 8 nitrogen and oxygen atoms in total. The van der Waals surface area contributed by atoms with Gasteiger partial charge in [-0.1, -0.05) is 19.8 Å². The summed E-state index contributed by atoms with van der Waals surface area (Å²) in [6.07, 6.45) is 10.2. The third-order valence-corrected chi connectivity index (χ3v) is 3.97. The summed E-state index contributed by atoms with van der Waals surface area (Å²) < 4.78 is 1.71. The Hall–Kier alpha value is -2.22. The maximum atomic E-state index is 5.43. The summed E-state index contributed by atoms with van der Waals surface area (Å²) in [5, 5.41) is 3.31. The van der Waals surface area contributed by atoms with Crippen molar-refractivity contribution in [1.29, 1.82) is 0 Å². The van der Waals surface area contributed by atoms with E-state index in [0.29, 0.717) is 23.3 Å². The van der Waals surface area contributed by atoms with Gasteiger partial charge in [-0.05, 0) is 18.3 Å². The van der Waals surface area contributed by atoms with Crippen LogP contribution in [0.3, 0.4) is 0 Å². The zero-order chi connectivity index (χ0) is 14.7. The second-order valence-electron chi connectivity index (χ2n) is 5.77. The van der Waals surface area contributed by atoms with Gasteiger partial charge in [0.15, 0.2) is 0 Å². The highest BCUT2D eigenvalue weighted by atomic mass is 15.4. The van der Waals surface area contributed by atoms with Crippen molar-refractivity contribution in [2.24, 2.45) is 11.3 Å². The van der Waals surface area contributed by atoms with Crippen molar-refractivity contribution in [1.82, 2.24) is 24.5 Å². The van der Waals surface area contributed by atoms with Crippen LogP contribution < -0.4 is 16.6 Å². The number of nitrogens with one attached hydrogen (secondary N) is 2. The van der Waals surface area contributed by atoms with Crippen LogP contribution in [-0.2, 0) is 0 Å². The topological polar surface area (TPSA) is 107 Å². The Morgan fingerprint density at radius 3 is 2.67 bits per heavy atom. The molecule has 1 aliphatic carbocycles. The van der Waals surface area contributed by atoms with Crippen LogP contribution in [0.1, 0.15) is 32.6 Å². The summed E-state index contributed by atoms with van der Waals surface area (Å²) in [4.78, 5) is 16.9. The highest BCUT2D eigenvalue weighted by Crippen LogP contribution is 2.37. The molecule has 0 bridgehead atoms. The van der Waals surface area contributed by atoms with Gasteiger partial charge in [-0.25, -0.2) is 10.8 Å². The summed E-state index contributed by atoms with van der Waals surface area (Å²) in [5.74, 6) is 6.76. The fraction of sp³-hybridized carbons (Fsp3) is 0.538. The molecule has 0 saturated heterocycles. The average Bonchev–Trinajstić information content (AvgIpc) is 3.17. The van der Waals surface area contributed by atoms with Crippen molar-refractivity contribution >= 4 is 11.9 Å². The predicted molar refractivity (Wildman–Crippen MR) is 79.8 cm³/mol. The molecular weight excluding hydrogens is 268 g/mol. The molecule has 8 heteroatoms. The van der Waals surface area contributed by atoms with Gasteiger partial charge in [0, 0.05) is 18.9 Å². The van der Waals surface area contributed by atoms with Gasteiger partial charge in [-0.15, -0.1) is 0 Å². The quantitative estimate of drug-likeness (QED) is 0.563. The van der Waals surface area contributed by atoms with Gasteiger partial charge in [-0.2, -0.15) is 15.0 Å². The Balaban J connectivity index is 1.79. The lowest BCUT2D eigenvalue weighted by molar-refractivity contribution is 0.361. The van der Waals surface area contributed by atoms with Crippen LogP contribution in [-0.4, -0.2) is 31.0 Å². The van der Waals surface area contributed by atoms with E-state index in [1.807, 2.05) is 0 Å². The molecule has 21 heavy (non-hydrogen) atoms. The molecule has 0 unspecified atom stereocenters. The average molecular weight is 288 g/mol. The second-order valence-corrected chi connectivity index (χ2v) is 5.77. The highest BCUT2D eigenvalue weighted by Gasteiger charge is 2.28. The van der Waals surface area contributed by atoms with Crippen LogP contribution in [0.15, 0.2) is 18.7 Å². The number of aromatic nitrogens is 5. The van der Waals surface area contributed by atoms with Crippen molar-refractivity contribution in [2.75, 3.05) is 17.3 Å². The Labute approximate surface area is 123 Å². The third kappa shape index (κ3) is 3.10. The van der Waals surface area contributed by atoms with Crippen LogP contribution in [0.5, 0.6) is 0 Å². The number of nitrogen functional groups attached to an aromatic ring is 1. The molecule has 1 aliphatic rings. The van der Waals surface area contributed by atoms with Crippen LogP contribution in [0.2, 0.25) is 0 Å². The fourth-order valence-corrected chi connectivity index (χ4v) is 2.70. The first-order valence-electron chi connectivity index (χ1n) is 7.13. The molecule has 2 aromatic rings. The van der Waals surface area contributed by atoms with Crippen molar-refractivity contribution in [3.8, 4) is 5.95 Å². The van der Waals surface area contributed by atoms with Crippen LogP contribution in [0, 0.1) is 5.41 Å². The van der Waals surface area contributed by atoms with E-state index in [2.05, 4.69) is 37.6 Å². The summed E-state index contributed by atoms with van der Waals surface area (Å²) in [6.45, 7) is 3.15. The van der Waals surface area contributed by atoms with Gasteiger partial charge in [0.05, 0.1) is 0 Å². The maximum Gasteiger partial charge on any atom is 0.243 e. The maximum absolute atomic E-state index is 5.43. The lowest BCUT2D eigenvalue weighted by Gasteiger charge is -2.23. The monoisotopic (exact) mass is 288 g/mol. The zero-order valence-electron chi connectivity index (χ0n) is 12.1. The van der Waals surface area contributed by atoms with Crippen LogP contribution in [0.4, 0.5) is 11.9 Å². The Morgan fingerprint density at radius 2 is 2.00 bits per heavy atom. The van der Waals surface area contributed by atoms with E-state index in [0.717, 1.165) is 6.54 Å². The first kappa shape index (κ1) is 13.7. The van der Waals surface area contributed by atoms with E-state index in [1.54, 1.807) is 23.3 Å². The summed E-state index contributed by atoms with van der Waals surface area (Å²) >= 11 is 0. The molecule has 0 aromatic carbocycles. The highest BCUT2D eigenvalue weighted by molar-refractivity contribution is 5.37. The molecule has 1 saturated carbocycles. The van der Waals surface area contributed by atoms with Gasteiger partial charge in [0.25, 0.3) is 0 Å². The van der Waals surface area contributed by atoms with Crippen molar-refractivity contribution < 1.29 is 0 Å². The number of hydrazine groups is 1. The number of hydrogen-bond donors (Lipinski definition) is 3. The number of rotatable bonds is 5. The van der Waals surface area contributed by atoms with Crippen molar-refractivity contribution in [2.45, 2.75) is 32.6 Å². The predicted octanol–water partition coefficient (Wildman–Crippen LogP) is 1.34. The lowest BCUT2D eigenvalue weighted by atomic mass is 9.89. The summed E-state index contributed by atoms with van der Waals surface area (Å²) in [7, 11) is 0. The summed E-state index contributed by atoms with van der Waals surface area (Å²) in [6, 6.07) is 0. The molecule has 112 valence electrons. The van der Waals surface area contributed by atoms with E-state index < -0.39 is 0 Å². The lowest BCUT2D eigenvalue weighted by Crippen LogP contribution is -2.24. The molecule has 0 spiro atoms. The van der Waals surface area contributed by atoms with Crippen LogP contribution in [0.25, 0.3) is 5.95 Å². The molecule has 2 aromatic heterocycles. The van der Waals surface area contributed by atoms with E-state index in [1.165, 1.54) is 25.7 Å². The minimum absolute atomic E-state index is 0.318. The van der Waals surface area contributed by atoms with Gasteiger partial charge >= 0.3 is 0 Å². The largest absolute Gasteiger partial charge is 0.353 e. The van der Waals surface area contributed by atoms with Gasteiger partial charge in [0.2, 0.25) is 17.8 Å². The number of anilines is 2. The molecule has 0 radical (unpaired) electrons. The van der Waals surface area contributed by atoms with Gasteiger partial charge in [0.1, 0.15) is 6.33 Å². The number of imidazole rings is 1. The second kappa shape index (κ2) is 5.65. The minimum atomic E-state index is 0.318. The Kier molecular flexibility index (Phi) is 3.70. The molecule has 0 amide bonds. The molecule has 4 N–H and O–H groups in total. The van der Waals surface area contributed by atoms with Gasteiger partial charge < -0.3 is 5.32 Å².